The molecule has 0 aliphatic heterocycles. The summed E-state index contributed by atoms with van der Waals surface area (Å²) in [4.78, 5) is 10.9. The van der Waals surface area contributed by atoms with Crippen molar-refractivity contribution in [1.29, 1.82) is 0 Å². The second-order valence-corrected chi connectivity index (χ2v) is 7.56. The van der Waals surface area contributed by atoms with Crippen molar-refractivity contribution in [3.63, 3.8) is 0 Å². The average molecular weight is 422 g/mol. The third kappa shape index (κ3) is 2.93. The van der Waals surface area contributed by atoms with Gasteiger partial charge < -0.3 is 5.11 Å². The van der Waals surface area contributed by atoms with Crippen molar-refractivity contribution in [3.05, 3.63) is 46.7 Å². The van der Waals surface area contributed by atoms with Gasteiger partial charge in [-0.1, -0.05) is 42.1 Å². The van der Waals surface area contributed by atoms with Crippen LogP contribution >= 0.6 is 27.7 Å². The molecule has 4 rings (SSSR count). The number of rotatable bonds is 5. The molecule has 3 aromatic rings. The number of carbonyl (C=O) groups is 1. The van der Waals surface area contributed by atoms with Crippen molar-refractivity contribution in [3.8, 4) is 5.69 Å². The van der Waals surface area contributed by atoms with Crippen molar-refractivity contribution < 1.29 is 14.3 Å². The molecule has 0 bridgehead atoms. The van der Waals surface area contributed by atoms with E-state index in [1.54, 1.807) is 4.57 Å². The molecule has 1 N–H and O–H groups in total. The van der Waals surface area contributed by atoms with Gasteiger partial charge in [0.05, 0.1) is 11.4 Å². The minimum absolute atomic E-state index is 0.116. The van der Waals surface area contributed by atoms with Gasteiger partial charge in [-0.15, -0.1) is 10.2 Å². The van der Waals surface area contributed by atoms with Crippen LogP contribution in [-0.2, 0) is 10.5 Å². The van der Waals surface area contributed by atoms with E-state index in [1.807, 2.05) is 36.4 Å². The number of carboxylic acid groups (broad SMARTS) is 1. The summed E-state index contributed by atoms with van der Waals surface area (Å²) in [5.41, 5.74) is 0.257. The lowest BCUT2D eigenvalue weighted by atomic mass is 9.98. The fourth-order valence-electron chi connectivity index (χ4n) is 2.92. The van der Waals surface area contributed by atoms with Crippen LogP contribution in [0, 0.1) is 0 Å². The molecule has 0 radical (unpaired) electrons. The van der Waals surface area contributed by atoms with E-state index in [-0.39, 0.29) is 5.75 Å². The normalized spacial score (nSPS) is 15.4. The first-order valence-electron chi connectivity index (χ1n) is 7.67. The summed E-state index contributed by atoms with van der Waals surface area (Å²) in [6, 6.07) is 11.3. The maximum Gasteiger partial charge on any atom is 0.313 e. The van der Waals surface area contributed by atoms with Gasteiger partial charge in [-0.25, -0.2) is 4.39 Å². The molecule has 1 aliphatic carbocycles. The van der Waals surface area contributed by atoms with Gasteiger partial charge in [-0.2, -0.15) is 0 Å². The molecule has 0 spiro atoms. The molecule has 0 saturated heterocycles. The molecule has 1 saturated carbocycles. The number of benzene rings is 2. The lowest BCUT2D eigenvalue weighted by molar-refractivity contribution is -0.133. The highest BCUT2D eigenvalue weighted by Gasteiger charge is 2.46. The standard InChI is InChI=1S/C17H13BrFN3O2S/c18-15-20-21-16(25-9-14(23)24)22(15)13-6-5-12(17(19)7-8-17)10-3-1-2-4-11(10)13/h1-6H,7-9H2,(H,23,24). The molecular weight excluding hydrogens is 409 g/mol. The lowest BCUT2D eigenvalue weighted by Gasteiger charge is -2.15. The zero-order chi connectivity index (χ0) is 17.6. The Kier molecular flexibility index (Phi) is 4.04. The van der Waals surface area contributed by atoms with E-state index >= 15 is 0 Å². The average Bonchev–Trinajstić information content (AvgIpc) is 3.24. The van der Waals surface area contributed by atoms with Crippen molar-refractivity contribution >= 4 is 44.4 Å². The quantitative estimate of drug-likeness (QED) is 0.621. The number of aromatic nitrogens is 3. The molecule has 0 amide bonds. The second kappa shape index (κ2) is 6.10. The molecule has 8 heteroatoms. The highest BCUT2D eigenvalue weighted by atomic mass is 79.9. The molecule has 1 fully saturated rings. The number of aliphatic carboxylic acids is 1. The first kappa shape index (κ1) is 16.5. The van der Waals surface area contributed by atoms with E-state index < -0.39 is 11.6 Å². The second-order valence-electron chi connectivity index (χ2n) is 5.91. The maximum absolute atomic E-state index is 14.7. The van der Waals surface area contributed by atoms with Crippen LogP contribution in [0.25, 0.3) is 16.5 Å². The summed E-state index contributed by atoms with van der Waals surface area (Å²) in [6.45, 7) is 0. The van der Waals surface area contributed by atoms with Crippen LogP contribution in [0.4, 0.5) is 4.39 Å². The Bertz CT molecular complexity index is 987. The summed E-state index contributed by atoms with van der Waals surface area (Å²) in [7, 11) is 0. The number of halogens is 2. The van der Waals surface area contributed by atoms with Crippen LogP contribution in [0.3, 0.4) is 0 Å². The Morgan fingerprint density at radius 3 is 2.64 bits per heavy atom. The van der Waals surface area contributed by atoms with Crippen molar-refractivity contribution in [2.24, 2.45) is 0 Å². The third-order valence-electron chi connectivity index (χ3n) is 4.23. The molecule has 1 aliphatic rings. The third-order valence-corrected chi connectivity index (χ3v) is 5.66. The Morgan fingerprint density at radius 1 is 1.24 bits per heavy atom. The molecule has 0 atom stereocenters. The zero-order valence-electron chi connectivity index (χ0n) is 12.9. The molecular formula is C17H13BrFN3O2S. The molecule has 25 heavy (non-hydrogen) atoms. The van der Waals surface area contributed by atoms with Gasteiger partial charge in [0.15, 0.2) is 5.16 Å². The number of hydrogen-bond acceptors (Lipinski definition) is 4. The van der Waals surface area contributed by atoms with Gasteiger partial charge in [-0.3, -0.25) is 9.36 Å². The van der Waals surface area contributed by atoms with Gasteiger partial charge in [-0.05, 0) is 45.8 Å². The van der Waals surface area contributed by atoms with E-state index in [2.05, 4.69) is 26.1 Å². The molecule has 1 heterocycles. The number of alkyl halides is 1. The van der Waals surface area contributed by atoms with Gasteiger partial charge in [0.2, 0.25) is 4.73 Å². The molecule has 0 unspecified atom stereocenters. The SMILES string of the molecule is O=C(O)CSc1nnc(Br)n1-c1ccc(C2(F)CC2)c2ccccc12. The van der Waals surface area contributed by atoms with Gasteiger partial charge in [0, 0.05) is 5.39 Å². The number of fused-ring (bicyclic) bond motifs is 1. The summed E-state index contributed by atoms with van der Waals surface area (Å²) in [5.74, 6) is -1.04. The van der Waals surface area contributed by atoms with Crippen LogP contribution in [0.1, 0.15) is 18.4 Å². The summed E-state index contributed by atoms with van der Waals surface area (Å²) in [6.07, 6.45) is 1.10. The first-order valence-corrected chi connectivity index (χ1v) is 9.44. The maximum atomic E-state index is 14.7. The predicted octanol–water partition coefficient (Wildman–Crippen LogP) is 4.32. The number of thioether (sulfide) groups is 1. The van der Waals surface area contributed by atoms with E-state index in [9.17, 15) is 9.18 Å². The van der Waals surface area contributed by atoms with Crippen LogP contribution < -0.4 is 0 Å². The molecule has 1 aromatic heterocycles. The minimum Gasteiger partial charge on any atom is -0.481 e. The Morgan fingerprint density at radius 2 is 1.96 bits per heavy atom. The monoisotopic (exact) mass is 421 g/mol. The molecule has 128 valence electrons. The zero-order valence-corrected chi connectivity index (χ0v) is 15.3. The van der Waals surface area contributed by atoms with Crippen molar-refractivity contribution in [2.45, 2.75) is 23.7 Å². The smallest absolute Gasteiger partial charge is 0.313 e. The fraction of sp³-hybridized carbons (Fsp3) is 0.235. The topological polar surface area (TPSA) is 68.0 Å². The molecule has 2 aromatic carbocycles. The minimum atomic E-state index is -1.23. The van der Waals surface area contributed by atoms with E-state index in [1.165, 1.54) is 0 Å². The van der Waals surface area contributed by atoms with E-state index in [0.717, 1.165) is 28.2 Å². The largest absolute Gasteiger partial charge is 0.481 e. The summed E-state index contributed by atoms with van der Waals surface area (Å²) < 4.78 is 16.9. The highest BCUT2D eigenvalue weighted by molar-refractivity contribution is 9.10. The Balaban J connectivity index is 1.89. The lowest BCUT2D eigenvalue weighted by Crippen LogP contribution is -2.05. The Hall–Kier alpha value is -1.93. The van der Waals surface area contributed by atoms with E-state index in [0.29, 0.717) is 28.3 Å². The van der Waals surface area contributed by atoms with Crippen LogP contribution in [0.2, 0.25) is 0 Å². The van der Waals surface area contributed by atoms with Crippen molar-refractivity contribution in [1.82, 2.24) is 14.8 Å². The van der Waals surface area contributed by atoms with Crippen LogP contribution in [0.5, 0.6) is 0 Å². The van der Waals surface area contributed by atoms with Crippen LogP contribution in [0.15, 0.2) is 46.3 Å². The fourth-order valence-corrected chi connectivity index (χ4v) is 4.14. The predicted molar refractivity (Wildman–Crippen MR) is 96.9 cm³/mol. The first-order chi connectivity index (χ1) is 12.0. The molecule has 5 nitrogen and oxygen atoms in total. The van der Waals surface area contributed by atoms with Crippen molar-refractivity contribution in [2.75, 3.05) is 5.75 Å². The number of carboxylic acids is 1. The Labute approximate surface area is 155 Å². The summed E-state index contributed by atoms with van der Waals surface area (Å²) in [5, 5.41) is 19.2. The number of hydrogen-bond donors (Lipinski definition) is 1. The van der Waals surface area contributed by atoms with Crippen LogP contribution in [-0.4, -0.2) is 31.6 Å². The van der Waals surface area contributed by atoms with Gasteiger partial charge >= 0.3 is 5.97 Å². The van der Waals surface area contributed by atoms with Gasteiger partial charge in [0.1, 0.15) is 5.67 Å². The van der Waals surface area contributed by atoms with E-state index in [4.69, 9.17) is 5.11 Å². The number of nitrogens with zero attached hydrogens (tertiary/aromatic N) is 3. The van der Waals surface area contributed by atoms with Gasteiger partial charge in [0.25, 0.3) is 0 Å². The highest BCUT2D eigenvalue weighted by Crippen LogP contribution is 2.52. The summed E-state index contributed by atoms with van der Waals surface area (Å²) >= 11 is 4.46.